The highest BCUT2D eigenvalue weighted by Crippen LogP contribution is 2.11. The highest BCUT2D eigenvalue weighted by molar-refractivity contribution is 5.75. The predicted octanol–water partition coefficient (Wildman–Crippen LogP) is 0.816. The molecule has 0 aliphatic carbocycles. The summed E-state index contributed by atoms with van der Waals surface area (Å²) in [6.07, 6.45) is 0. The third-order valence-corrected chi connectivity index (χ3v) is 2.21. The summed E-state index contributed by atoms with van der Waals surface area (Å²) in [4.78, 5) is 14.2. The van der Waals surface area contributed by atoms with Gasteiger partial charge < -0.3 is 10.7 Å². The zero-order valence-corrected chi connectivity index (χ0v) is 8.33. The Morgan fingerprint density at radius 2 is 2.33 bits per heavy atom. The molecule has 0 bridgehead atoms. The Labute approximate surface area is 85.5 Å². The van der Waals surface area contributed by atoms with E-state index in [1.54, 1.807) is 13.0 Å². The second-order valence-corrected chi connectivity index (χ2v) is 3.68. The van der Waals surface area contributed by atoms with E-state index in [-0.39, 0.29) is 17.5 Å². The summed E-state index contributed by atoms with van der Waals surface area (Å²) in [5.74, 6) is -0.361. The van der Waals surface area contributed by atoms with Crippen molar-refractivity contribution in [3.8, 4) is 0 Å². The van der Waals surface area contributed by atoms with Gasteiger partial charge in [-0.1, -0.05) is 0 Å². The summed E-state index contributed by atoms with van der Waals surface area (Å²) in [6, 6.07) is 4.04. The minimum absolute atomic E-state index is 0.148. The van der Waals surface area contributed by atoms with Gasteiger partial charge >= 0.3 is 5.69 Å². The van der Waals surface area contributed by atoms with Crippen LogP contribution in [-0.2, 0) is 6.54 Å². The van der Waals surface area contributed by atoms with Crippen LogP contribution in [0, 0.1) is 5.82 Å². The molecule has 0 fully saturated rings. The van der Waals surface area contributed by atoms with Gasteiger partial charge in [0.15, 0.2) is 0 Å². The number of H-pyrrole nitrogens is 1. The van der Waals surface area contributed by atoms with Crippen molar-refractivity contribution in [1.82, 2.24) is 9.55 Å². The van der Waals surface area contributed by atoms with Crippen LogP contribution in [0.2, 0.25) is 0 Å². The van der Waals surface area contributed by atoms with Gasteiger partial charge in [-0.2, -0.15) is 0 Å². The third-order valence-electron chi connectivity index (χ3n) is 2.21. The van der Waals surface area contributed by atoms with Gasteiger partial charge in [0.25, 0.3) is 0 Å². The van der Waals surface area contributed by atoms with Gasteiger partial charge in [0.05, 0.1) is 11.0 Å². The van der Waals surface area contributed by atoms with Crippen molar-refractivity contribution in [1.29, 1.82) is 0 Å². The largest absolute Gasteiger partial charge is 0.326 e. The monoisotopic (exact) mass is 209 g/mol. The fourth-order valence-electron chi connectivity index (χ4n) is 1.60. The van der Waals surface area contributed by atoms with Crippen LogP contribution in [0.1, 0.15) is 6.92 Å². The molecule has 1 heterocycles. The van der Waals surface area contributed by atoms with Crippen molar-refractivity contribution in [3.05, 3.63) is 34.5 Å². The van der Waals surface area contributed by atoms with E-state index in [0.29, 0.717) is 17.6 Å². The van der Waals surface area contributed by atoms with Crippen molar-refractivity contribution >= 4 is 11.0 Å². The molecule has 0 aliphatic rings. The average molecular weight is 209 g/mol. The molecule has 4 nitrogen and oxygen atoms in total. The van der Waals surface area contributed by atoms with Gasteiger partial charge in [0.2, 0.25) is 0 Å². The molecule has 15 heavy (non-hydrogen) atoms. The number of nitrogens with one attached hydrogen (secondary N) is 1. The summed E-state index contributed by atoms with van der Waals surface area (Å²) in [5, 5.41) is 0. The molecular weight excluding hydrogens is 197 g/mol. The molecule has 1 aromatic carbocycles. The second-order valence-electron chi connectivity index (χ2n) is 3.68. The van der Waals surface area contributed by atoms with Crippen molar-refractivity contribution in [2.24, 2.45) is 5.73 Å². The standard InChI is InChI=1S/C10H12FN3O/c1-6(12)5-14-9-4-7(11)2-3-8(9)13-10(14)15/h2-4,6H,5,12H2,1H3,(H,13,15). The molecule has 1 atom stereocenters. The first-order valence-corrected chi connectivity index (χ1v) is 4.71. The molecule has 0 saturated carbocycles. The first-order chi connectivity index (χ1) is 7.08. The Hall–Kier alpha value is -1.62. The predicted molar refractivity (Wildman–Crippen MR) is 56.2 cm³/mol. The van der Waals surface area contributed by atoms with Crippen LogP contribution < -0.4 is 11.4 Å². The molecule has 0 radical (unpaired) electrons. The fraction of sp³-hybridized carbons (Fsp3) is 0.300. The fourth-order valence-corrected chi connectivity index (χ4v) is 1.60. The molecule has 80 valence electrons. The van der Waals surface area contributed by atoms with E-state index in [4.69, 9.17) is 5.73 Å². The average Bonchev–Trinajstić information content (AvgIpc) is 2.43. The molecule has 0 saturated heterocycles. The highest BCUT2D eigenvalue weighted by atomic mass is 19.1. The number of fused-ring (bicyclic) bond motifs is 1. The van der Waals surface area contributed by atoms with Gasteiger partial charge in [-0.25, -0.2) is 9.18 Å². The van der Waals surface area contributed by atoms with Crippen LogP contribution >= 0.6 is 0 Å². The lowest BCUT2D eigenvalue weighted by Gasteiger charge is -2.05. The summed E-state index contributed by atoms with van der Waals surface area (Å²) < 4.78 is 14.5. The topological polar surface area (TPSA) is 63.8 Å². The molecule has 0 spiro atoms. The molecule has 1 unspecified atom stereocenters. The number of aromatic nitrogens is 2. The van der Waals surface area contributed by atoms with Gasteiger partial charge in [-0.15, -0.1) is 0 Å². The molecule has 0 aliphatic heterocycles. The Morgan fingerprint density at radius 1 is 1.60 bits per heavy atom. The van der Waals surface area contributed by atoms with Crippen LogP contribution in [0.4, 0.5) is 4.39 Å². The molecule has 5 heteroatoms. The van der Waals surface area contributed by atoms with E-state index < -0.39 is 0 Å². The maximum absolute atomic E-state index is 13.0. The Balaban J connectivity index is 2.65. The van der Waals surface area contributed by atoms with Gasteiger partial charge in [-0.05, 0) is 25.1 Å². The number of benzene rings is 1. The normalized spacial score (nSPS) is 13.3. The number of aromatic amines is 1. The maximum Gasteiger partial charge on any atom is 0.326 e. The smallest absolute Gasteiger partial charge is 0.326 e. The summed E-state index contributed by atoms with van der Waals surface area (Å²) in [5.41, 5.74) is 6.54. The zero-order chi connectivity index (χ0) is 11.0. The summed E-state index contributed by atoms with van der Waals surface area (Å²) in [6.45, 7) is 2.17. The van der Waals surface area contributed by atoms with Crippen molar-refractivity contribution in [2.75, 3.05) is 0 Å². The molecule has 1 aromatic heterocycles. The maximum atomic E-state index is 13.0. The minimum atomic E-state index is -0.361. The lowest BCUT2D eigenvalue weighted by molar-refractivity contribution is 0.585. The molecule has 0 amide bonds. The van der Waals surface area contributed by atoms with Crippen LogP contribution in [0.3, 0.4) is 0 Å². The van der Waals surface area contributed by atoms with Crippen LogP contribution in [0.5, 0.6) is 0 Å². The first-order valence-electron chi connectivity index (χ1n) is 4.71. The number of nitrogens with two attached hydrogens (primary N) is 1. The van der Waals surface area contributed by atoms with E-state index in [1.807, 2.05) is 0 Å². The van der Waals surface area contributed by atoms with Crippen LogP contribution in [0.15, 0.2) is 23.0 Å². The number of halogens is 1. The highest BCUT2D eigenvalue weighted by Gasteiger charge is 2.08. The molecule has 2 aromatic rings. The third kappa shape index (κ3) is 1.78. The van der Waals surface area contributed by atoms with Gasteiger partial charge in [-0.3, -0.25) is 4.57 Å². The lowest BCUT2D eigenvalue weighted by Crippen LogP contribution is -2.28. The molecular formula is C10H12FN3O. The molecule has 2 rings (SSSR count). The number of imidazole rings is 1. The lowest BCUT2D eigenvalue weighted by atomic mass is 10.3. The van der Waals surface area contributed by atoms with E-state index in [0.717, 1.165) is 0 Å². The van der Waals surface area contributed by atoms with Crippen molar-refractivity contribution in [3.63, 3.8) is 0 Å². The number of nitrogens with zero attached hydrogens (tertiary/aromatic N) is 1. The SMILES string of the molecule is CC(N)Cn1c(=O)[nH]c2ccc(F)cc21. The Bertz CT molecular complexity index is 541. The zero-order valence-electron chi connectivity index (χ0n) is 8.33. The van der Waals surface area contributed by atoms with Crippen LogP contribution in [-0.4, -0.2) is 15.6 Å². The van der Waals surface area contributed by atoms with Crippen LogP contribution in [0.25, 0.3) is 11.0 Å². The van der Waals surface area contributed by atoms with Gasteiger partial charge in [0, 0.05) is 12.6 Å². The van der Waals surface area contributed by atoms with Gasteiger partial charge in [0.1, 0.15) is 5.82 Å². The summed E-state index contributed by atoms with van der Waals surface area (Å²) in [7, 11) is 0. The minimum Gasteiger partial charge on any atom is -0.326 e. The van der Waals surface area contributed by atoms with Crippen molar-refractivity contribution in [2.45, 2.75) is 19.5 Å². The van der Waals surface area contributed by atoms with Crippen molar-refractivity contribution < 1.29 is 4.39 Å². The quantitative estimate of drug-likeness (QED) is 0.769. The Morgan fingerprint density at radius 3 is 3.00 bits per heavy atom. The number of hydrogen-bond acceptors (Lipinski definition) is 2. The van der Waals surface area contributed by atoms with E-state index in [1.165, 1.54) is 16.7 Å². The second kappa shape index (κ2) is 3.51. The Kier molecular flexibility index (Phi) is 2.32. The van der Waals surface area contributed by atoms with E-state index in [2.05, 4.69) is 4.98 Å². The van der Waals surface area contributed by atoms with E-state index in [9.17, 15) is 9.18 Å². The molecule has 3 N–H and O–H groups in total. The summed E-state index contributed by atoms with van der Waals surface area (Å²) >= 11 is 0. The number of rotatable bonds is 2. The van der Waals surface area contributed by atoms with E-state index >= 15 is 0 Å². The number of hydrogen-bond donors (Lipinski definition) is 2. The first kappa shape index (κ1) is 9.92.